The number of aromatic nitrogens is 1. The molecule has 0 saturated heterocycles. The summed E-state index contributed by atoms with van der Waals surface area (Å²) in [4.78, 5) is 13.6. The summed E-state index contributed by atoms with van der Waals surface area (Å²) in [5.74, 6) is -0.543. The zero-order valence-electron chi connectivity index (χ0n) is 24.3. The van der Waals surface area contributed by atoms with Crippen LogP contribution in [0.3, 0.4) is 0 Å². The van der Waals surface area contributed by atoms with Crippen molar-refractivity contribution in [2.75, 3.05) is 4.31 Å². The Balaban J connectivity index is 1.46. The van der Waals surface area contributed by atoms with Crippen LogP contribution in [-0.4, -0.2) is 25.1 Å². The van der Waals surface area contributed by atoms with Crippen molar-refractivity contribution in [3.05, 3.63) is 146 Å². The van der Waals surface area contributed by atoms with Gasteiger partial charge >= 0.3 is 0 Å². The summed E-state index contributed by atoms with van der Waals surface area (Å²) in [6, 6.07) is 30.1. The summed E-state index contributed by atoms with van der Waals surface area (Å²) < 4.78 is 32.4. The quantitative estimate of drug-likeness (QED) is 0.126. The van der Waals surface area contributed by atoms with Gasteiger partial charge in [0.2, 0.25) is 0 Å². The molecule has 4 aromatic carbocycles. The van der Waals surface area contributed by atoms with Gasteiger partial charge in [0.1, 0.15) is 0 Å². The molecule has 0 bridgehead atoms. The Kier molecular flexibility index (Phi) is 9.39. The van der Waals surface area contributed by atoms with Crippen LogP contribution in [0.5, 0.6) is 0 Å². The van der Waals surface area contributed by atoms with Crippen molar-refractivity contribution in [1.82, 2.24) is 9.99 Å². The van der Waals surface area contributed by atoms with Gasteiger partial charge in [0, 0.05) is 32.1 Å². The van der Waals surface area contributed by atoms with Crippen LogP contribution in [-0.2, 0) is 16.6 Å². The fourth-order valence-electron chi connectivity index (χ4n) is 4.90. The predicted molar refractivity (Wildman–Crippen MR) is 180 cm³/mol. The molecule has 0 spiro atoms. The number of anilines is 1. The molecule has 1 N–H and O–H groups in total. The minimum Gasteiger partial charge on any atom is -0.318 e. The molecular weight excluding hydrogens is 660 g/mol. The summed E-state index contributed by atoms with van der Waals surface area (Å²) in [5, 5.41) is 4.78. The molecule has 1 amide bonds. The summed E-state index contributed by atoms with van der Waals surface area (Å²) in [7, 11) is -4.06. The average Bonchev–Trinajstić information content (AvgIpc) is 3.29. The fourth-order valence-corrected chi connectivity index (χ4v) is 6.76. The summed E-state index contributed by atoms with van der Waals surface area (Å²) in [6.07, 6.45) is 1.59. The topological polar surface area (TPSA) is 83.8 Å². The molecule has 0 atom stereocenters. The standard InChI is InChI=1S/C34H30BrClN4O3S/c1-23-8-18-31(19-9-23)44(42,43)39(22-26-10-14-29(36)15-11-26)33-7-5-4-6-32(33)34(41)38-37-21-27-20-24(2)40(25(27)3)30-16-12-28(35)13-17-30/h4-21H,22H2,1-3H3,(H,38,41)/b37-21-. The second-order valence-corrected chi connectivity index (χ2v) is 13.5. The van der Waals surface area contributed by atoms with Gasteiger partial charge in [-0.25, -0.2) is 13.8 Å². The molecule has 5 rings (SSSR count). The maximum absolute atomic E-state index is 14.0. The molecule has 0 aliphatic carbocycles. The highest BCUT2D eigenvalue weighted by atomic mass is 79.9. The molecule has 0 saturated carbocycles. The Hall–Kier alpha value is -4.18. The molecule has 7 nitrogen and oxygen atoms in total. The van der Waals surface area contributed by atoms with E-state index in [1.807, 2.05) is 51.1 Å². The molecular formula is C34H30BrClN4O3S. The molecule has 44 heavy (non-hydrogen) atoms. The second-order valence-electron chi connectivity index (χ2n) is 10.3. The molecule has 0 aliphatic heterocycles. The number of para-hydroxylation sites is 1. The van der Waals surface area contributed by atoms with Crippen molar-refractivity contribution in [2.24, 2.45) is 5.10 Å². The van der Waals surface area contributed by atoms with Gasteiger partial charge < -0.3 is 4.57 Å². The number of aryl methyl sites for hydroxylation is 2. The molecule has 1 aromatic heterocycles. The van der Waals surface area contributed by atoms with Crippen LogP contribution in [0, 0.1) is 20.8 Å². The van der Waals surface area contributed by atoms with E-state index in [1.165, 1.54) is 4.31 Å². The maximum atomic E-state index is 14.0. The number of hydrogen-bond donors (Lipinski definition) is 1. The Morgan fingerprint density at radius 3 is 2.27 bits per heavy atom. The van der Waals surface area contributed by atoms with Crippen LogP contribution in [0.4, 0.5) is 5.69 Å². The van der Waals surface area contributed by atoms with Crippen LogP contribution in [0.25, 0.3) is 5.69 Å². The third kappa shape index (κ3) is 6.80. The van der Waals surface area contributed by atoms with E-state index in [0.717, 1.165) is 32.7 Å². The van der Waals surface area contributed by atoms with Gasteiger partial charge in [-0.2, -0.15) is 5.10 Å². The van der Waals surface area contributed by atoms with E-state index in [9.17, 15) is 13.2 Å². The SMILES string of the molecule is Cc1ccc(S(=O)(=O)N(Cc2ccc(Cl)cc2)c2ccccc2C(=O)N/N=C\c2cc(C)n(-c3ccc(Br)cc3)c2C)cc1. The number of rotatable bonds is 9. The zero-order valence-corrected chi connectivity index (χ0v) is 27.5. The van der Waals surface area contributed by atoms with Gasteiger partial charge in [0.15, 0.2) is 0 Å². The first-order valence-electron chi connectivity index (χ1n) is 13.8. The highest BCUT2D eigenvalue weighted by Gasteiger charge is 2.28. The van der Waals surface area contributed by atoms with Crippen LogP contribution >= 0.6 is 27.5 Å². The van der Waals surface area contributed by atoms with E-state index in [1.54, 1.807) is 79.0 Å². The van der Waals surface area contributed by atoms with E-state index < -0.39 is 15.9 Å². The average molecular weight is 690 g/mol. The largest absolute Gasteiger partial charge is 0.318 e. The van der Waals surface area contributed by atoms with Crippen LogP contribution < -0.4 is 9.73 Å². The second kappa shape index (κ2) is 13.2. The Bertz CT molecular complexity index is 1940. The van der Waals surface area contributed by atoms with Crippen molar-refractivity contribution < 1.29 is 13.2 Å². The Morgan fingerprint density at radius 1 is 0.932 bits per heavy atom. The number of nitrogens with zero attached hydrogens (tertiary/aromatic N) is 3. The molecule has 0 unspecified atom stereocenters. The van der Waals surface area contributed by atoms with Crippen molar-refractivity contribution >= 4 is 55.4 Å². The highest BCUT2D eigenvalue weighted by Crippen LogP contribution is 2.30. The van der Waals surface area contributed by atoms with Crippen LogP contribution in [0.2, 0.25) is 5.02 Å². The van der Waals surface area contributed by atoms with E-state index in [2.05, 4.69) is 31.0 Å². The summed E-state index contributed by atoms with van der Waals surface area (Å²) in [5.41, 5.74) is 8.45. The smallest absolute Gasteiger partial charge is 0.273 e. The number of benzene rings is 4. The van der Waals surface area contributed by atoms with Gasteiger partial charge in [-0.15, -0.1) is 0 Å². The number of halogens is 2. The normalized spacial score (nSPS) is 11.6. The van der Waals surface area contributed by atoms with Gasteiger partial charge in [0.25, 0.3) is 15.9 Å². The van der Waals surface area contributed by atoms with E-state index in [-0.39, 0.29) is 22.7 Å². The number of carbonyl (C=O) groups is 1. The molecule has 10 heteroatoms. The summed E-state index contributed by atoms with van der Waals surface area (Å²) >= 11 is 9.55. The molecule has 5 aromatic rings. The lowest BCUT2D eigenvalue weighted by atomic mass is 10.1. The van der Waals surface area contributed by atoms with Gasteiger partial charge in [0.05, 0.1) is 28.9 Å². The lowest BCUT2D eigenvalue weighted by Gasteiger charge is -2.26. The lowest BCUT2D eigenvalue weighted by Crippen LogP contribution is -2.33. The monoisotopic (exact) mass is 688 g/mol. The number of nitrogens with one attached hydrogen (secondary N) is 1. The zero-order chi connectivity index (χ0) is 31.4. The minimum atomic E-state index is -4.06. The van der Waals surface area contributed by atoms with Gasteiger partial charge in [-0.3, -0.25) is 9.10 Å². The van der Waals surface area contributed by atoms with Crippen LogP contribution in [0.15, 0.2) is 118 Å². The van der Waals surface area contributed by atoms with Crippen molar-refractivity contribution in [3.8, 4) is 5.69 Å². The van der Waals surface area contributed by atoms with Gasteiger partial charge in [-0.1, -0.05) is 69.5 Å². The first-order chi connectivity index (χ1) is 21.0. The van der Waals surface area contributed by atoms with Crippen LogP contribution in [0.1, 0.15) is 38.4 Å². The third-order valence-electron chi connectivity index (χ3n) is 7.19. The van der Waals surface area contributed by atoms with Gasteiger partial charge in [-0.05, 0) is 93.1 Å². The maximum Gasteiger partial charge on any atom is 0.273 e. The predicted octanol–water partition coefficient (Wildman–Crippen LogP) is 7.98. The third-order valence-corrected chi connectivity index (χ3v) is 9.75. The Labute approximate surface area is 271 Å². The van der Waals surface area contributed by atoms with E-state index >= 15 is 0 Å². The highest BCUT2D eigenvalue weighted by molar-refractivity contribution is 9.10. The first-order valence-corrected chi connectivity index (χ1v) is 16.4. The van der Waals surface area contributed by atoms with Crippen molar-refractivity contribution in [1.29, 1.82) is 0 Å². The number of carbonyl (C=O) groups excluding carboxylic acids is 1. The lowest BCUT2D eigenvalue weighted by molar-refractivity contribution is 0.0955. The number of sulfonamides is 1. The molecule has 0 fully saturated rings. The summed E-state index contributed by atoms with van der Waals surface area (Å²) in [6.45, 7) is 5.87. The van der Waals surface area contributed by atoms with Crippen molar-refractivity contribution in [3.63, 3.8) is 0 Å². The number of hydrogen-bond acceptors (Lipinski definition) is 4. The molecule has 0 radical (unpaired) electrons. The first kappa shape index (κ1) is 31.3. The van der Waals surface area contributed by atoms with E-state index in [0.29, 0.717) is 10.6 Å². The Morgan fingerprint density at radius 2 is 1.59 bits per heavy atom. The molecule has 224 valence electrons. The number of hydrazone groups is 1. The number of amides is 1. The fraction of sp³-hybridized carbons (Fsp3) is 0.118. The van der Waals surface area contributed by atoms with Crippen molar-refractivity contribution in [2.45, 2.75) is 32.2 Å². The molecule has 0 aliphatic rings. The van der Waals surface area contributed by atoms with E-state index in [4.69, 9.17) is 11.6 Å². The minimum absolute atomic E-state index is 0.0109. The molecule has 1 heterocycles.